The summed E-state index contributed by atoms with van der Waals surface area (Å²) in [5.41, 5.74) is 0.824. The number of carbonyl (C=O) groups is 1. The lowest BCUT2D eigenvalue weighted by atomic mass is 9.78. The second-order valence-electron chi connectivity index (χ2n) is 7.06. The molecule has 27 heavy (non-hydrogen) atoms. The van der Waals surface area contributed by atoms with Gasteiger partial charge in [0.2, 0.25) is 5.91 Å². The van der Waals surface area contributed by atoms with Crippen LogP contribution in [0.4, 0.5) is 18.9 Å². The maximum Gasteiger partial charge on any atom is 0.418 e. The minimum Gasteiger partial charge on any atom is -0.325 e. The quantitative estimate of drug-likeness (QED) is 0.805. The maximum atomic E-state index is 13.4. The number of hydrogen-bond acceptors (Lipinski definition) is 2. The number of para-hydroxylation sites is 1. The van der Waals surface area contributed by atoms with Crippen LogP contribution in [0.2, 0.25) is 0 Å². The molecule has 1 aliphatic heterocycles. The van der Waals surface area contributed by atoms with E-state index in [2.05, 4.69) is 10.2 Å². The lowest BCUT2D eigenvalue weighted by molar-refractivity contribution is -0.137. The summed E-state index contributed by atoms with van der Waals surface area (Å²) in [4.78, 5) is 14.6. The van der Waals surface area contributed by atoms with Crippen molar-refractivity contribution in [3.63, 3.8) is 0 Å². The highest BCUT2D eigenvalue weighted by molar-refractivity contribution is 5.97. The predicted octanol–water partition coefficient (Wildman–Crippen LogP) is 4.90. The molecule has 144 valence electrons. The van der Waals surface area contributed by atoms with E-state index in [4.69, 9.17) is 0 Å². The molecule has 6 heteroatoms. The first-order chi connectivity index (χ1) is 12.8. The van der Waals surface area contributed by atoms with Gasteiger partial charge in [0.25, 0.3) is 0 Å². The number of nitrogens with one attached hydrogen (secondary N) is 1. The summed E-state index contributed by atoms with van der Waals surface area (Å²) >= 11 is 0. The number of benzene rings is 2. The van der Waals surface area contributed by atoms with E-state index in [9.17, 15) is 18.0 Å². The highest BCUT2D eigenvalue weighted by Crippen LogP contribution is 2.44. The standard InChI is InChI=1S/C21H23F3N2O/c1-3-15-17(13-26(2)12-14-8-5-4-6-9-14)16-10-7-11-18(21(22,23)24)19(16)25-20(15)27/h4-11,15,17H,3,12-13H2,1-2H3,(H,25,27). The Kier molecular flexibility index (Phi) is 5.56. The number of amides is 1. The molecule has 0 fully saturated rings. The molecule has 1 heterocycles. The van der Waals surface area contributed by atoms with Gasteiger partial charge in [0.15, 0.2) is 0 Å². The normalized spacial score (nSPS) is 19.7. The number of nitrogens with zero attached hydrogens (tertiary/aromatic N) is 1. The Morgan fingerprint density at radius 1 is 1.04 bits per heavy atom. The van der Waals surface area contributed by atoms with Gasteiger partial charge in [-0.1, -0.05) is 49.4 Å². The minimum absolute atomic E-state index is 0.0854. The van der Waals surface area contributed by atoms with Crippen LogP contribution < -0.4 is 5.32 Å². The van der Waals surface area contributed by atoms with Crippen LogP contribution in [0.5, 0.6) is 0 Å². The highest BCUT2D eigenvalue weighted by atomic mass is 19.4. The molecule has 2 atom stereocenters. The van der Waals surface area contributed by atoms with Crippen molar-refractivity contribution in [2.45, 2.75) is 32.0 Å². The van der Waals surface area contributed by atoms with E-state index in [0.29, 0.717) is 25.1 Å². The lowest BCUT2D eigenvalue weighted by Gasteiger charge is -2.36. The van der Waals surface area contributed by atoms with E-state index in [1.165, 1.54) is 6.07 Å². The van der Waals surface area contributed by atoms with Crippen molar-refractivity contribution in [2.24, 2.45) is 5.92 Å². The number of likely N-dealkylation sites (N-methyl/N-ethyl adjacent to an activating group) is 1. The van der Waals surface area contributed by atoms with E-state index in [1.807, 2.05) is 44.3 Å². The van der Waals surface area contributed by atoms with Crippen LogP contribution in [0, 0.1) is 5.92 Å². The number of fused-ring (bicyclic) bond motifs is 1. The fraction of sp³-hybridized carbons (Fsp3) is 0.381. The third-order valence-electron chi connectivity index (χ3n) is 5.12. The van der Waals surface area contributed by atoms with Gasteiger partial charge >= 0.3 is 6.18 Å². The van der Waals surface area contributed by atoms with Gasteiger partial charge in [-0.05, 0) is 30.7 Å². The maximum absolute atomic E-state index is 13.4. The van der Waals surface area contributed by atoms with Crippen LogP contribution in [0.1, 0.15) is 36.0 Å². The summed E-state index contributed by atoms with van der Waals surface area (Å²) < 4.78 is 40.2. The van der Waals surface area contributed by atoms with E-state index < -0.39 is 11.7 Å². The summed E-state index contributed by atoms with van der Waals surface area (Å²) in [6, 6.07) is 14.0. The van der Waals surface area contributed by atoms with Crippen LogP contribution in [0.25, 0.3) is 0 Å². The molecule has 0 radical (unpaired) electrons. The van der Waals surface area contributed by atoms with Gasteiger partial charge < -0.3 is 10.2 Å². The molecule has 3 nitrogen and oxygen atoms in total. The van der Waals surface area contributed by atoms with Crippen molar-refractivity contribution in [3.8, 4) is 0 Å². The molecular weight excluding hydrogens is 353 g/mol. The van der Waals surface area contributed by atoms with Crippen molar-refractivity contribution in [3.05, 3.63) is 65.2 Å². The zero-order valence-electron chi connectivity index (χ0n) is 15.4. The molecule has 0 saturated heterocycles. The van der Waals surface area contributed by atoms with Crippen molar-refractivity contribution in [1.29, 1.82) is 0 Å². The monoisotopic (exact) mass is 376 g/mol. The van der Waals surface area contributed by atoms with Crippen molar-refractivity contribution in [2.75, 3.05) is 18.9 Å². The number of carbonyl (C=O) groups excluding carboxylic acids is 1. The first kappa shape index (κ1) is 19.4. The Hall–Kier alpha value is -2.34. The molecule has 2 unspecified atom stereocenters. The zero-order chi connectivity index (χ0) is 19.6. The van der Waals surface area contributed by atoms with Crippen LogP contribution in [0.15, 0.2) is 48.5 Å². The molecule has 0 bridgehead atoms. The molecular formula is C21H23F3N2O. The second kappa shape index (κ2) is 7.72. The predicted molar refractivity (Wildman–Crippen MR) is 99.4 cm³/mol. The molecule has 3 rings (SSSR count). The third-order valence-corrected chi connectivity index (χ3v) is 5.12. The first-order valence-corrected chi connectivity index (χ1v) is 9.04. The largest absolute Gasteiger partial charge is 0.418 e. The first-order valence-electron chi connectivity index (χ1n) is 9.04. The molecule has 0 aliphatic carbocycles. The van der Waals surface area contributed by atoms with Gasteiger partial charge in [-0.15, -0.1) is 0 Å². The number of halogens is 3. The Morgan fingerprint density at radius 3 is 2.37 bits per heavy atom. The molecule has 2 aromatic rings. The molecule has 0 spiro atoms. The zero-order valence-corrected chi connectivity index (χ0v) is 15.4. The fourth-order valence-corrected chi connectivity index (χ4v) is 3.86. The van der Waals surface area contributed by atoms with Gasteiger partial charge in [0.05, 0.1) is 11.3 Å². The molecule has 1 N–H and O–H groups in total. The topological polar surface area (TPSA) is 32.3 Å². The Labute approximate surface area is 157 Å². The molecule has 0 aromatic heterocycles. The SMILES string of the molecule is CCC1C(=O)Nc2c(cccc2C(F)(F)F)C1CN(C)Cc1ccccc1. The summed E-state index contributed by atoms with van der Waals surface area (Å²) in [5, 5.41) is 2.51. The third kappa shape index (κ3) is 4.16. The molecule has 1 amide bonds. The average molecular weight is 376 g/mol. The summed E-state index contributed by atoms with van der Waals surface area (Å²) in [6.45, 7) is 3.08. The second-order valence-corrected chi connectivity index (χ2v) is 7.06. The molecule has 2 aromatic carbocycles. The summed E-state index contributed by atoms with van der Waals surface area (Å²) in [6.07, 6.45) is -3.93. The van der Waals surface area contributed by atoms with Crippen LogP contribution in [-0.4, -0.2) is 24.4 Å². The highest BCUT2D eigenvalue weighted by Gasteiger charge is 2.41. The Balaban J connectivity index is 1.92. The Bertz CT molecular complexity index is 805. The molecule has 1 aliphatic rings. The fourth-order valence-electron chi connectivity index (χ4n) is 3.86. The van der Waals surface area contributed by atoms with Crippen LogP contribution in [0.3, 0.4) is 0 Å². The van der Waals surface area contributed by atoms with E-state index in [1.54, 1.807) is 6.07 Å². The van der Waals surface area contributed by atoms with E-state index in [-0.39, 0.29) is 23.4 Å². The van der Waals surface area contributed by atoms with Gasteiger partial charge in [0.1, 0.15) is 0 Å². The van der Waals surface area contributed by atoms with Gasteiger partial charge in [-0.2, -0.15) is 13.2 Å². The van der Waals surface area contributed by atoms with Crippen molar-refractivity contribution in [1.82, 2.24) is 4.90 Å². The summed E-state index contributed by atoms with van der Waals surface area (Å²) in [7, 11) is 1.93. The van der Waals surface area contributed by atoms with E-state index >= 15 is 0 Å². The lowest BCUT2D eigenvalue weighted by Crippen LogP contribution is -2.39. The average Bonchev–Trinajstić information content (AvgIpc) is 2.61. The van der Waals surface area contributed by atoms with Crippen molar-refractivity contribution < 1.29 is 18.0 Å². The summed E-state index contributed by atoms with van der Waals surface area (Å²) in [5.74, 6) is -0.964. The minimum atomic E-state index is -4.50. The smallest absolute Gasteiger partial charge is 0.325 e. The van der Waals surface area contributed by atoms with Gasteiger partial charge in [-0.25, -0.2) is 0 Å². The Morgan fingerprint density at radius 2 is 1.74 bits per heavy atom. The van der Waals surface area contributed by atoms with Crippen LogP contribution in [-0.2, 0) is 17.5 Å². The number of alkyl halides is 3. The number of anilines is 1. The van der Waals surface area contributed by atoms with Crippen molar-refractivity contribution >= 4 is 11.6 Å². The number of hydrogen-bond donors (Lipinski definition) is 1. The van der Waals surface area contributed by atoms with Crippen LogP contribution >= 0.6 is 0 Å². The van der Waals surface area contributed by atoms with E-state index in [0.717, 1.165) is 11.6 Å². The van der Waals surface area contributed by atoms with Gasteiger partial charge in [-0.3, -0.25) is 4.79 Å². The molecule has 0 saturated carbocycles. The van der Waals surface area contributed by atoms with Gasteiger partial charge in [0, 0.05) is 24.9 Å². The number of rotatable bonds is 5.